The molecule has 2 aromatic carbocycles. The first-order chi connectivity index (χ1) is 25.3. The van der Waals surface area contributed by atoms with Gasteiger partial charge in [0.05, 0.1) is 0 Å². The fraction of sp³-hybridized carbons (Fsp3) is 0.579. The fourth-order valence-corrected chi connectivity index (χ4v) is 8.22. The van der Waals surface area contributed by atoms with Crippen LogP contribution >= 0.6 is 31.9 Å². The van der Waals surface area contributed by atoms with Crippen molar-refractivity contribution in [3.05, 3.63) is 62.5 Å². The summed E-state index contributed by atoms with van der Waals surface area (Å²) in [5, 5.41) is 4.70. The largest absolute Gasteiger partial charge is 0.528 e. The number of rotatable bonds is 7. The molecular formula is C38H50Br2N6O7. The summed E-state index contributed by atoms with van der Waals surface area (Å²) < 4.78 is 13.1. The topological polar surface area (TPSA) is 124 Å². The lowest BCUT2D eigenvalue weighted by Gasteiger charge is -2.42. The first-order valence-electron chi connectivity index (χ1n) is 18.6. The highest BCUT2D eigenvalue weighted by Gasteiger charge is 2.37. The quantitative estimate of drug-likeness (QED) is 0.320. The summed E-state index contributed by atoms with van der Waals surface area (Å²) in [7, 11) is 0. The molecule has 6 rings (SSSR count). The van der Waals surface area contributed by atoms with Crippen LogP contribution in [0.1, 0.15) is 57.6 Å². The number of urea groups is 1. The van der Waals surface area contributed by atoms with Crippen LogP contribution in [0, 0.1) is 0 Å². The van der Waals surface area contributed by atoms with Gasteiger partial charge in [0, 0.05) is 92.0 Å². The van der Waals surface area contributed by atoms with Gasteiger partial charge < -0.3 is 34.3 Å². The lowest BCUT2D eigenvalue weighted by Crippen LogP contribution is -2.55. The first-order valence-corrected chi connectivity index (χ1v) is 20.2. The Labute approximate surface area is 328 Å². The lowest BCUT2D eigenvalue weighted by atomic mass is 10.0. The number of halogens is 2. The molecule has 0 radical (unpaired) electrons. The minimum atomic E-state index is -0.978. The molecule has 0 bridgehead atoms. The van der Waals surface area contributed by atoms with Crippen LogP contribution in [0.5, 0.6) is 0 Å². The number of para-hydroxylation sites is 1. The minimum absolute atomic E-state index is 0.00711. The third-order valence-corrected chi connectivity index (χ3v) is 12.3. The van der Waals surface area contributed by atoms with Crippen LogP contribution in [0.3, 0.4) is 0 Å². The number of amides is 4. The molecular weight excluding hydrogens is 812 g/mol. The molecule has 4 aliphatic heterocycles. The summed E-state index contributed by atoms with van der Waals surface area (Å²) >= 11 is 7.08. The molecule has 13 nitrogen and oxygen atoms in total. The maximum atomic E-state index is 14.1. The summed E-state index contributed by atoms with van der Waals surface area (Å²) in [6.07, 6.45) is 1.70. The highest BCUT2D eigenvalue weighted by Crippen LogP contribution is 2.28. The molecule has 15 heteroatoms. The number of nitrogens with one attached hydrogen (secondary N) is 1. The third kappa shape index (κ3) is 10.4. The molecule has 0 aliphatic carbocycles. The van der Waals surface area contributed by atoms with E-state index in [9.17, 15) is 19.2 Å². The summed E-state index contributed by atoms with van der Waals surface area (Å²) in [5.41, 5.74) is 2.23. The van der Waals surface area contributed by atoms with Crippen molar-refractivity contribution in [1.82, 2.24) is 24.7 Å². The second kappa shape index (κ2) is 17.4. The molecule has 0 saturated carbocycles. The van der Waals surface area contributed by atoms with Crippen molar-refractivity contribution in [2.24, 2.45) is 0 Å². The van der Waals surface area contributed by atoms with Gasteiger partial charge in [-0.25, -0.2) is 14.4 Å². The van der Waals surface area contributed by atoms with Crippen LogP contribution in [0.2, 0.25) is 0 Å². The number of hydrogen-bond acceptors (Lipinski definition) is 9. The Balaban J connectivity index is 1.02. The zero-order valence-corrected chi connectivity index (χ0v) is 33.9. The normalized spacial score (nSPS) is 20.2. The second-order valence-electron chi connectivity index (χ2n) is 15.2. The molecule has 4 aliphatic rings. The van der Waals surface area contributed by atoms with Gasteiger partial charge in [-0.1, -0.05) is 24.3 Å². The predicted octanol–water partition coefficient (Wildman–Crippen LogP) is 6.29. The van der Waals surface area contributed by atoms with Crippen LogP contribution in [0.25, 0.3) is 0 Å². The van der Waals surface area contributed by atoms with Crippen molar-refractivity contribution < 1.29 is 33.5 Å². The van der Waals surface area contributed by atoms with Crippen molar-refractivity contribution in [3.8, 4) is 0 Å². The number of hydroxylamine groups is 2. The van der Waals surface area contributed by atoms with Gasteiger partial charge in [0.15, 0.2) is 6.10 Å². The van der Waals surface area contributed by atoms with E-state index < -0.39 is 24.0 Å². The van der Waals surface area contributed by atoms with Gasteiger partial charge in [-0.05, 0) is 114 Å². The predicted molar refractivity (Wildman–Crippen MR) is 206 cm³/mol. The number of piperidine rings is 2. The Morgan fingerprint density at radius 1 is 0.830 bits per heavy atom. The Morgan fingerprint density at radius 3 is 2.17 bits per heavy atom. The van der Waals surface area contributed by atoms with Gasteiger partial charge in [0.1, 0.15) is 5.60 Å². The van der Waals surface area contributed by atoms with Crippen molar-refractivity contribution >= 4 is 61.7 Å². The van der Waals surface area contributed by atoms with E-state index in [2.05, 4.69) is 42.1 Å². The smallest absolute Gasteiger partial charge is 0.436 e. The summed E-state index contributed by atoms with van der Waals surface area (Å²) in [4.78, 5) is 66.1. The van der Waals surface area contributed by atoms with Crippen molar-refractivity contribution in [1.29, 1.82) is 0 Å². The van der Waals surface area contributed by atoms with Crippen LogP contribution in [-0.4, -0.2) is 132 Å². The molecule has 0 unspecified atom stereocenters. The summed E-state index contributed by atoms with van der Waals surface area (Å²) in [6, 6.07) is 13.8. The number of likely N-dealkylation sites (tertiary alicyclic amines) is 2. The standard InChI is InChI=1S/C38H50Br2N6O7/c1-38(2,3)52-37(50)53-45-22-20-42(21-23-45)28-11-15-43(16-12-28)34(47)33(25-26-8-9-30(39)31(40)24-26)51-36(49)44-17-13-29(14-18-44)46-19-10-27-6-4-5-7-32(27)41-35(46)48/h4-9,24,28-29,33H,10-23,25H2,1-3H3,(H,41,48)/t33-/m1/s1. The van der Waals surface area contributed by atoms with Gasteiger partial charge >= 0.3 is 18.3 Å². The van der Waals surface area contributed by atoms with E-state index in [1.807, 2.05) is 52.3 Å². The molecule has 4 amide bonds. The number of hydrogen-bond donors (Lipinski definition) is 1. The van der Waals surface area contributed by atoms with E-state index in [1.54, 1.807) is 30.7 Å². The lowest BCUT2D eigenvalue weighted by molar-refractivity contribution is -0.162. The van der Waals surface area contributed by atoms with Crippen LogP contribution in [0.15, 0.2) is 51.4 Å². The molecule has 288 valence electrons. The molecule has 1 atom stereocenters. The Kier molecular flexibility index (Phi) is 12.9. The highest BCUT2D eigenvalue weighted by atomic mass is 79.9. The van der Waals surface area contributed by atoms with Gasteiger partial charge in [-0.15, -0.1) is 5.06 Å². The highest BCUT2D eigenvalue weighted by molar-refractivity contribution is 9.13. The molecule has 3 fully saturated rings. The van der Waals surface area contributed by atoms with Crippen molar-refractivity contribution in [2.45, 2.75) is 83.1 Å². The number of carbonyl (C=O) groups excluding carboxylic acids is 4. The van der Waals surface area contributed by atoms with Gasteiger partial charge in [0.25, 0.3) is 5.91 Å². The number of benzene rings is 2. The summed E-state index contributed by atoms with van der Waals surface area (Å²) in [5.74, 6) is -0.192. The Bertz CT molecular complexity index is 1630. The SMILES string of the molecule is CC(C)(C)OC(=O)ON1CCN(C2CCN(C(=O)[C@@H](Cc3ccc(Br)c(Br)c3)OC(=O)N3CCC(N4CCc5ccccc5NC4=O)CC3)CC2)CC1. The number of anilines is 1. The number of nitrogens with zero attached hydrogens (tertiary/aromatic N) is 5. The maximum Gasteiger partial charge on any atom is 0.528 e. The third-order valence-electron chi connectivity index (χ3n) is 10.4. The van der Waals surface area contributed by atoms with Gasteiger partial charge in [-0.2, -0.15) is 0 Å². The molecule has 0 aromatic heterocycles. The van der Waals surface area contributed by atoms with E-state index in [0.717, 1.165) is 58.1 Å². The van der Waals surface area contributed by atoms with E-state index in [1.165, 1.54) is 0 Å². The van der Waals surface area contributed by atoms with Gasteiger partial charge in [-0.3, -0.25) is 9.69 Å². The molecule has 0 spiro atoms. The number of ether oxygens (including phenoxy) is 2. The number of fused-ring (bicyclic) bond motifs is 1. The zero-order valence-electron chi connectivity index (χ0n) is 30.7. The molecule has 53 heavy (non-hydrogen) atoms. The van der Waals surface area contributed by atoms with Crippen LogP contribution < -0.4 is 5.32 Å². The Hall–Kier alpha value is -3.40. The first kappa shape index (κ1) is 39.3. The average molecular weight is 863 g/mol. The fourth-order valence-electron chi connectivity index (χ4n) is 7.54. The minimum Gasteiger partial charge on any atom is -0.436 e. The molecule has 3 saturated heterocycles. The van der Waals surface area contributed by atoms with E-state index in [-0.39, 0.29) is 24.4 Å². The van der Waals surface area contributed by atoms with Crippen LogP contribution in [0.4, 0.5) is 20.1 Å². The number of carbonyl (C=O) groups is 4. The summed E-state index contributed by atoms with van der Waals surface area (Å²) in [6.45, 7) is 10.7. The average Bonchev–Trinajstić information content (AvgIpc) is 3.30. The van der Waals surface area contributed by atoms with Gasteiger partial charge in [0.2, 0.25) is 0 Å². The van der Waals surface area contributed by atoms with E-state index in [4.69, 9.17) is 14.3 Å². The monoisotopic (exact) mass is 860 g/mol. The van der Waals surface area contributed by atoms with Crippen molar-refractivity contribution in [3.63, 3.8) is 0 Å². The second-order valence-corrected chi connectivity index (χ2v) is 16.9. The van der Waals surface area contributed by atoms with E-state index >= 15 is 0 Å². The van der Waals surface area contributed by atoms with Crippen molar-refractivity contribution in [2.75, 3.05) is 64.2 Å². The zero-order chi connectivity index (χ0) is 37.7. The Morgan fingerprint density at radius 2 is 1.49 bits per heavy atom. The molecule has 4 heterocycles. The number of piperazine rings is 1. The van der Waals surface area contributed by atoms with E-state index in [0.29, 0.717) is 64.7 Å². The maximum absolute atomic E-state index is 14.1. The molecule has 1 N–H and O–H groups in total. The van der Waals surface area contributed by atoms with Crippen LogP contribution in [-0.2, 0) is 31.9 Å². The molecule has 2 aromatic rings.